The van der Waals surface area contributed by atoms with Crippen LogP contribution in [0, 0.1) is 11.8 Å². The molecule has 1 aliphatic heterocycles. The van der Waals surface area contributed by atoms with Crippen molar-refractivity contribution in [2.75, 3.05) is 19.6 Å². The van der Waals surface area contributed by atoms with E-state index < -0.39 is 0 Å². The second-order valence-electron chi connectivity index (χ2n) is 6.15. The van der Waals surface area contributed by atoms with Crippen LogP contribution >= 0.6 is 11.6 Å². The van der Waals surface area contributed by atoms with Gasteiger partial charge < -0.3 is 10.2 Å². The van der Waals surface area contributed by atoms with Crippen LogP contribution in [0.4, 0.5) is 0 Å². The molecular formula is C17H21ClN2O2. The number of rotatable bonds is 5. The van der Waals surface area contributed by atoms with Crippen molar-refractivity contribution in [2.45, 2.75) is 25.7 Å². The number of halogens is 1. The number of nitrogens with one attached hydrogen (secondary N) is 1. The summed E-state index contributed by atoms with van der Waals surface area (Å²) in [6, 6.07) is 7.65. The summed E-state index contributed by atoms with van der Waals surface area (Å²) in [5.41, 5.74) is 1.10. The minimum atomic E-state index is -0.118. The van der Waals surface area contributed by atoms with Gasteiger partial charge in [-0.05, 0) is 43.4 Å². The molecule has 1 saturated heterocycles. The maximum absolute atomic E-state index is 12.2. The van der Waals surface area contributed by atoms with Gasteiger partial charge in [0.25, 0.3) is 0 Å². The van der Waals surface area contributed by atoms with Crippen molar-refractivity contribution < 1.29 is 9.59 Å². The van der Waals surface area contributed by atoms with E-state index in [1.165, 1.54) is 0 Å². The molecule has 1 aromatic carbocycles. The van der Waals surface area contributed by atoms with Crippen LogP contribution in [-0.2, 0) is 16.0 Å². The van der Waals surface area contributed by atoms with Crippen LogP contribution in [0.3, 0.4) is 0 Å². The summed E-state index contributed by atoms with van der Waals surface area (Å²) in [4.78, 5) is 26.2. The molecule has 1 N–H and O–H groups in total. The highest BCUT2D eigenvalue weighted by Crippen LogP contribution is 2.40. The standard InChI is InChI=1S/C17H21ClN2O2/c18-13-5-3-4-12(10-13)6-7-19-16(21)14-11-15(14)17(22)20-8-1-2-9-20/h3-5,10,14-15H,1-2,6-9,11H2,(H,19,21). The van der Waals surface area contributed by atoms with Crippen LogP contribution in [0.1, 0.15) is 24.8 Å². The molecule has 1 saturated carbocycles. The molecular weight excluding hydrogens is 300 g/mol. The zero-order valence-electron chi connectivity index (χ0n) is 12.6. The van der Waals surface area contributed by atoms with Gasteiger partial charge >= 0.3 is 0 Å². The number of carbonyl (C=O) groups excluding carboxylic acids is 2. The smallest absolute Gasteiger partial charge is 0.226 e. The predicted octanol–water partition coefficient (Wildman–Crippen LogP) is 2.26. The molecule has 5 heteroatoms. The molecule has 3 rings (SSSR count). The summed E-state index contributed by atoms with van der Waals surface area (Å²) in [7, 11) is 0. The van der Waals surface area contributed by atoms with Crippen LogP contribution in [0.5, 0.6) is 0 Å². The molecule has 0 bridgehead atoms. The number of likely N-dealkylation sites (tertiary alicyclic amines) is 1. The average Bonchev–Trinajstić information content (AvgIpc) is 3.12. The first-order valence-corrected chi connectivity index (χ1v) is 8.34. The van der Waals surface area contributed by atoms with Crippen LogP contribution in [0.25, 0.3) is 0 Å². The SMILES string of the molecule is O=C(NCCc1cccc(Cl)c1)C1CC1C(=O)N1CCCC1. The number of amides is 2. The Hall–Kier alpha value is -1.55. The topological polar surface area (TPSA) is 49.4 Å². The van der Waals surface area contributed by atoms with Gasteiger partial charge in [0.2, 0.25) is 11.8 Å². The van der Waals surface area contributed by atoms with Crippen LogP contribution in [-0.4, -0.2) is 36.3 Å². The maximum Gasteiger partial charge on any atom is 0.226 e. The number of nitrogens with zero attached hydrogens (tertiary/aromatic N) is 1. The lowest BCUT2D eigenvalue weighted by atomic mass is 10.1. The van der Waals surface area contributed by atoms with E-state index in [1.54, 1.807) is 0 Å². The third kappa shape index (κ3) is 3.61. The van der Waals surface area contributed by atoms with Crippen molar-refractivity contribution in [2.24, 2.45) is 11.8 Å². The van der Waals surface area contributed by atoms with Crippen molar-refractivity contribution in [3.05, 3.63) is 34.9 Å². The molecule has 2 amide bonds. The maximum atomic E-state index is 12.2. The van der Waals surface area contributed by atoms with Crippen molar-refractivity contribution in [3.8, 4) is 0 Å². The first-order valence-electron chi connectivity index (χ1n) is 7.96. The lowest BCUT2D eigenvalue weighted by molar-refractivity contribution is -0.133. The Morgan fingerprint density at radius 1 is 1.23 bits per heavy atom. The largest absolute Gasteiger partial charge is 0.356 e. The number of carbonyl (C=O) groups is 2. The van der Waals surface area contributed by atoms with Crippen LogP contribution < -0.4 is 5.32 Å². The van der Waals surface area contributed by atoms with Crippen LogP contribution in [0.15, 0.2) is 24.3 Å². The van der Waals surface area contributed by atoms with Crippen molar-refractivity contribution in [3.63, 3.8) is 0 Å². The molecule has 0 aromatic heterocycles. The molecule has 118 valence electrons. The highest BCUT2D eigenvalue weighted by molar-refractivity contribution is 6.30. The lowest BCUT2D eigenvalue weighted by Gasteiger charge is -2.14. The predicted molar refractivity (Wildman–Crippen MR) is 85.6 cm³/mol. The lowest BCUT2D eigenvalue weighted by Crippen LogP contribution is -2.32. The summed E-state index contributed by atoms with van der Waals surface area (Å²) in [5.74, 6) is -0.0104. The monoisotopic (exact) mass is 320 g/mol. The minimum absolute atomic E-state index is 0.0135. The third-order valence-electron chi connectivity index (χ3n) is 4.46. The number of hydrogen-bond donors (Lipinski definition) is 1. The number of hydrogen-bond acceptors (Lipinski definition) is 2. The van der Waals surface area contributed by atoms with E-state index in [9.17, 15) is 9.59 Å². The fraction of sp³-hybridized carbons (Fsp3) is 0.529. The Morgan fingerprint density at radius 3 is 2.73 bits per heavy atom. The zero-order valence-corrected chi connectivity index (χ0v) is 13.3. The molecule has 2 aliphatic rings. The highest BCUT2D eigenvalue weighted by Gasteiger charge is 2.49. The van der Waals surface area contributed by atoms with Gasteiger partial charge in [-0.3, -0.25) is 9.59 Å². The Labute approximate surface area is 135 Å². The van der Waals surface area contributed by atoms with E-state index in [0.29, 0.717) is 18.0 Å². The van der Waals surface area contributed by atoms with E-state index in [-0.39, 0.29) is 23.7 Å². The molecule has 4 nitrogen and oxygen atoms in total. The van der Waals surface area contributed by atoms with E-state index in [1.807, 2.05) is 29.2 Å². The first kappa shape index (κ1) is 15.3. The third-order valence-corrected chi connectivity index (χ3v) is 4.70. The Bertz CT molecular complexity index is 570. The van der Waals surface area contributed by atoms with E-state index >= 15 is 0 Å². The van der Waals surface area contributed by atoms with Gasteiger partial charge in [0.1, 0.15) is 0 Å². The Morgan fingerprint density at radius 2 is 2.00 bits per heavy atom. The second-order valence-corrected chi connectivity index (χ2v) is 6.59. The molecule has 22 heavy (non-hydrogen) atoms. The van der Waals surface area contributed by atoms with Crippen molar-refractivity contribution in [1.29, 1.82) is 0 Å². The summed E-state index contributed by atoms with van der Waals surface area (Å²) in [6.07, 6.45) is 3.64. The minimum Gasteiger partial charge on any atom is -0.356 e. The second kappa shape index (κ2) is 6.69. The van der Waals surface area contributed by atoms with Gasteiger partial charge in [0.05, 0.1) is 11.8 Å². The number of benzene rings is 1. The van der Waals surface area contributed by atoms with Crippen molar-refractivity contribution in [1.82, 2.24) is 10.2 Å². The molecule has 2 unspecified atom stereocenters. The van der Waals surface area contributed by atoms with Gasteiger partial charge in [-0.1, -0.05) is 23.7 Å². The molecule has 2 fully saturated rings. The van der Waals surface area contributed by atoms with Gasteiger partial charge in [-0.15, -0.1) is 0 Å². The Balaban J connectivity index is 1.41. The van der Waals surface area contributed by atoms with Gasteiger partial charge in [0, 0.05) is 24.7 Å². The van der Waals surface area contributed by atoms with Crippen LogP contribution in [0.2, 0.25) is 5.02 Å². The molecule has 1 aliphatic carbocycles. The Kier molecular flexibility index (Phi) is 4.67. The van der Waals surface area contributed by atoms with Gasteiger partial charge in [-0.2, -0.15) is 0 Å². The molecule has 1 heterocycles. The molecule has 2 atom stereocenters. The normalized spacial score (nSPS) is 23.4. The van der Waals surface area contributed by atoms with Gasteiger partial charge in [0.15, 0.2) is 0 Å². The quantitative estimate of drug-likeness (QED) is 0.904. The first-order chi connectivity index (χ1) is 10.6. The summed E-state index contributed by atoms with van der Waals surface area (Å²) >= 11 is 5.93. The average molecular weight is 321 g/mol. The van der Waals surface area contributed by atoms with Crippen molar-refractivity contribution >= 4 is 23.4 Å². The summed E-state index contributed by atoms with van der Waals surface area (Å²) < 4.78 is 0. The fourth-order valence-corrected chi connectivity index (χ4v) is 3.30. The van der Waals surface area contributed by atoms with E-state index in [4.69, 9.17) is 11.6 Å². The van der Waals surface area contributed by atoms with E-state index in [0.717, 1.165) is 37.9 Å². The molecule has 0 radical (unpaired) electrons. The summed E-state index contributed by atoms with van der Waals surface area (Å²) in [6.45, 7) is 2.30. The summed E-state index contributed by atoms with van der Waals surface area (Å²) in [5, 5.41) is 3.65. The van der Waals surface area contributed by atoms with E-state index in [2.05, 4.69) is 5.32 Å². The van der Waals surface area contributed by atoms with Gasteiger partial charge in [-0.25, -0.2) is 0 Å². The molecule has 1 aromatic rings. The fourth-order valence-electron chi connectivity index (χ4n) is 3.08. The zero-order chi connectivity index (χ0) is 15.5. The highest BCUT2D eigenvalue weighted by atomic mass is 35.5. The molecule has 0 spiro atoms.